The standard InChI is InChI=1S/C20H20FN3O/c1-23-9-3-6-17(23)12-24-13-22-19-11-15(7-8-18(19)20(24)25)14-4-2-5-16(21)10-14/h2,4-5,7-8,10-11,13,17H,3,6,9,12H2,1H3. The number of fused-ring (bicyclic) bond motifs is 1. The molecule has 0 bridgehead atoms. The van der Waals surface area contributed by atoms with Crippen LogP contribution in [0.5, 0.6) is 0 Å². The van der Waals surface area contributed by atoms with Gasteiger partial charge < -0.3 is 4.90 Å². The van der Waals surface area contributed by atoms with Gasteiger partial charge in [-0.05, 0) is 61.8 Å². The molecule has 4 nitrogen and oxygen atoms in total. The van der Waals surface area contributed by atoms with Crippen LogP contribution in [0.4, 0.5) is 4.39 Å². The van der Waals surface area contributed by atoms with E-state index in [1.807, 2.05) is 18.2 Å². The lowest BCUT2D eigenvalue weighted by molar-refractivity contribution is 0.279. The number of likely N-dealkylation sites (N-methyl/N-ethyl adjacent to an activating group) is 1. The van der Waals surface area contributed by atoms with E-state index < -0.39 is 0 Å². The first-order valence-corrected chi connectivity index (χ1v) is 8.57. The summed E-state index contributed by atoms with van der Waals surface area (Å²) >= 11 is 0. The molecule has 4 rings (SSSR count). The molecule has 0 aliphatic carbocycles. The van der Waals surface area contributed by atoms with Crippen LogP contribution in [0, 0.1) is 5.82 Å². The van der Waals surface area contributed by atoms with Crippen LogP contribution in [0.3, 0.4) is 0 Å². The van der Waals surface area contributed by atoms with Gasteiger partial charge in [-0.1, -0.05) is 18.2 Å². The number of rotatable bonds is 3. The largest absolute Gasteiger partial charge is 0.302 e. The summed E-state index contributed by atoms with van der Waals surface area (Å²) in [4.78, 5) is 19.5. The molecule has 1 fully saturated rings. The number of nitrogens with zero attached hydrogens (tertiary/aromatic N) is 3. The van der Waals surface area contributed by atoms with Crippen LogP contribution >= 0.6 is 0 Å². The van der Waals surface area contributed by atoms with Gasteiger partial charge in [-0.3, -0.25) is 9.36 Å². The van der Waals surface area contributed by atoms with Gasteiger partial charge in [0.2, 0.25) is 0 Å². The number of hydrogen-bond donors (Lipinski definition) is 0. The minimum atomic E-state index is -0.276. The normalized spacial score (nSPS) is 18.1. The molecule has 2 aromatic carbocycles. The third-order valence-corrected chi connectivity index (χ3v) is 5.06. The summed E-state index contributed by atoms with van der Waals surface area (Å²) in [7, 11) is 2.10. The van der Waals surface area contributed by atoms with Crippen molar-refractivity contribution in [2.45, 2.75) is 25.4 Å². The fraction of sp³-hybridized carbons (Fsp3) is 0.300. The zero-order chi connectivity index (χ0) is 17.4. The van der Waals surface area contributed by atoms with E-state index in [1.54, 1.807) is 23.0 Å². The number of aromatic nitrogens is 2. The lowest BCUT2D eigenvalue weighted by Crippen LogP contribution is -2.33. The van der Waals surface area contributed by atoms with Crippen LogP contribution in [0.1, 0.15) is 12.8 Å². The minimum absolute atomic E-state index is 0.0175. The van der Waals surface area contributed by atoms with Gasteiger partial charge in [0.15, 0.2) is 0 Å². The second-order valence-electron chi connectivity index (χ2n) is 6.72. The quantitative estimate of drug-likeness (QED) is 0.736. The molecule has 1 atom stereocenters. The summed E-state index contributed by atoms with van der Waals surface area (Å²) in [5.41, 5.74) is 2.26. The third-order valence-electron chi connectivity index (χ3n) is 5.06. The van der Waals surface area contributed by atoms with E-state index in [2.05, 4.69) is 16.9 Å². The van der Waals surface area contributed by atoms with Gasteiger partial charge in [0.1, 0.15) is 5.82 Å². The van der Waals surface area contributed by atoms with E-state index in [4.69, 9.17) is 0 Å². The van der Waals surface area contributed by atoms with Crippen LogP contribution in [0.25, 0.3) is 22.0 Å². The molecule has 0 amide bonds. The molecule has 0 N–H and O–H groups in total. The van der Waals surface area contributed by atoms with Gasteiger partial charge >= 0.3 is 0 Å². The molecule has 128 valence electrons. The minimum Gasteiger partial charge on any atom is -0.302 e. The predicted molar refractivity (Wildman–Crippen MR) is 97.0 cm³/mol. The monoisotopic (exact) mass is 337 g/mol. The topological polar surface area (TPSA) is 38.1 Å². The first-order chi connectivity index (χ1) is 12.1. The molecule has 25 heavy (non-hydrogen) atoms. The summed E-state index contributed by atoms with van der Waals surface area (Å²) in [5.74, 6) is -0.276. The van der Waals surface area contributed by atoms with Crippen LogP contribution in [0.2, 0.25) is 0 Å². The second-order valence-corrected chi connectivity index (χ2v) is 6.72. The van der Waals surface area contributed by atoms with E-state index in [1.165, 1.54) is 18.6 Å². The van der Waals surface area contributed by atoms with Crippen molar-refractivity contribution in [2.24, 2.45) is 0 Å². The molecular formula is C20H20FN3O. The number of likely N-dealkylation sites (tertiary alicyclic amines) is 1. The maximum Gasteiger partial charge on any atom is 0.261 e. The van der Waals surface area contributed by atoms with Crippen LogP contribution < -0.4 is 5.56 Å². The maximum absolute atomic E-state index is 13.4. The fourth-order valence-corrected chi connectivity index (χ4v) is 3.57. The van der Waals surface area contributed by atoms with Crippen LogP contribution in [0.15, 0.2) is 53.6 Å². The van der Waals surface area contributed by atoms with E-state index in [9.17, 15) is 9.18 Å². The molecule has 1 aromatic heterocycles. The molecule has 0 radical (unpaired) electrons. The Kier molecular flexibility index (Phi) is 4.09. The van der Waals surface area contributed by atoms with Gasteiger partial charge in [0.05, 0.1) is 17.2 Å². The molecule has 0 spiro atoms. The highest BCUT2D eigenvalue weighted by Crippen LogP contribution is 2.23. The molecule has 3 aromatic rings. The molecular weight excluding hydrogens is 317 g/mol. The third kappa shape index (κ3) is 3.07. The Hall–Kier alpha value is -2.53. The summed E-state index contributed by atoms with van der Waals surface area (Å²) < 4.78 is 15.1. The van der Waals surface area contributed by atoms with Gasteiger partial charge in [0.25, 0.3) is 5.56 Å². The summed E-state index contributed by atoms with van der Waals surface area (Å²) in [6.07, 6.45) is 3.92. The van der Waals surface area contributed by atoms with Crippen LogP contribution in [-0.4, -0.2) is 34.1 Å². The van der Waals surface area contributed by atoms with Gasteiger partial charge in [0, 0.05) is 12.6 Å². The molecule has 1 aliphatic heterocycles. The second kappa shape index (κ2) is 6.41. The predicted octanol–water partition coefficient (Wildman–Crippen LogP) is 3.30. The SMILES string of the molecule is CN1CCCC1Cn1cnc2cc(-c3cccc(F)c3)ccc2c1=O. The summed E-state index contributed by atoms with van der Waals surface area (Å²) in [5, 5.41) is 0.600. The number of benzene rings is 2. The molecule has 5 heteroatoms. The van der Waals surface area contributed by atoms with Crippen molar-refractivity contribution >= 4 is 10.9 Å². The smallest absolute Gasteiger partial charge is 0.261 e. The van der Waals surface area contributed by atoms with E-state index in [-0.39, 0.29) is 11.4 Å². The Morgan fingerprint density at radius 3 is 2.80 bits per heavy atom. The zero-order valence-corrected chi connectivity index (χ0v) is 14.2. The van der Waals surface area contributed by atoms with Crippen molar-refractivity contribution in [3.05, 3.63) is 65.0 Å². The highest BCUT2D eigenvalue weighted by Gasteiger charge is 2.21. The van der Waals surface area contributed by atoms with Crippen molar-refractivity contribution in [1.82, 2.24) is 14.5 Å². The number of hydrogen-bond acceptors (Lipinski definition) is 3. The Balaban J connectivity index is 1.71. The highest BCUT2D eigenvalue weighted by molar-refractivity contribution is 5.83. The molecule has 1 aliphatic rings. The number of halogens is 1. The lowest BCUT2D eigenvalue weighted by atomic mass is 10.0. The fourth-order valence-electron chi connectivity index (χ4n) is 3.57. The van der Waals surface area contributed by atoms with Crippen LogP contribution in [-0.2, 0) is 6.54 Å². The van der Waals surface area contributed by atoms with Gasteiger partial charge in [-0.2, -0.15) is 0 Å². The van der Waals surface area contributed by atoms with Crippen molar-refractivity contribution in [1.29, 1.82) is 0 Å². The van der Waals surface area contributed by atoms with Crippen molar-refractivity contribution in [3.8, 4) is 11.1 Å². The Morgan fingerprint density at radius 1 is 1.20 bits per heavy atom. The van der Waals surface area contributed by atoms with Gasteiger partial charge in [-0.15, -0.1) is 0 Å². The summed E-state index contributed by atoms with van der Waals surface area (Å²) in [6, 6.07) is 12.3. The lowest BCUT2D eigenvalue weighted by Gasteiger charge is -2.20. The maximum atomic E-state index is 13.4. The molecule has 1 unspecified atom stereocenters. The van der Waals surface area contributed by atoms with E-state index >= 15 is 0 Å². The Labute approximate surface area is 145 Å². The highest BCUT2D eigenvalue weighted by atomic mass is 19.1. The summed E-state index contributed by atoms with van der Waals surface area (Å²) in [6.45, 7) is 1.75. The average molecular weight is 337 g/mol. The van der Waals surface area contributed by atoms with Crippen molar-refractivity contribution in [2.75, 3.05) is 13.6 Å². The molecule has 0 saturated carbocycles. The first kappa shape index (κ1) is 16.0. The Morgan fingerprint density at radius 2 is 2.04 bits per heavy atom. The van der Waals surface area contributed by atoms with E-state index in [0.717, 1.165) is 24.1 Å². The Bertz CT molecular complexity index is 982. The zero-order valence-electron chi connectivity index (χ0n) is 14.2. The van der Waals surface area contributed by atoms with E-state index in [0.29, 0.717) is 23.5 Å². The first-order valence-electron chi connectivity index (χ1n) is 8.57. The van der Waals surface area contributed by atoms with Gasteiger partial charge in [-0.25, -0.2) is 9.37 Å². The molecule has 2 heterocycles. The molecule has 1 saturated heterocycles. The average Bonchev–Trinajstić information content (AvgIpc) is 3.02. The van der Waals surface area contributed by atoms with Crippen molar-refractivity contribution < 1.29 is 4.39 Å². The van der Waals surface area contributed by atoms with Crippen molar-refractivity contribution in [3.63, 3.8) is 0 Å².